The van der Waals surface area contributed by atoms with Crippen LogP contribution in [0.3, 0.4) is 0 Å². The number of aromatic nitrogens is 2. The monoisotopic (exact) mass is 294 g/mol. The van der Waals surface area contributed by atoms with E-state index in [1.165, 1.54) is 0 Å². The number of hydrogen-bond donors (Lipinski definition) is 2. The molecule has 0 aliphatic rings. The third-order valence-corrected chi connectivity index (χ3v) is 4.46. The smallest absolute Gasteiger partial charge is 0.240 e. The summed E-state index contributed by atoms with van der Waals surface area (Å²) in [5, 5.41) is 4.12. The fourth-order valence-corrected chi connectivity index (χ4v) is 2.89. The van der Waals surface area contributed by atoms with Gasteiger partial charge in [-0.3, -0.25) is 4.68 Å². The van der Waals surface area contributed by atoms with Crippen molar-refractivity contribution in [2.75, 3.05) is 0 Å². The molecule has 0 saturated carbocycles. The van der Waals surface area contributed by atoms with E-state index in [0.717, 1.165) is 11.1 Å². The molecule has 3 N–H and O–H groups in total. The Balaban J connectivity index is 2.17. The number of nitrogens with one attached hydrogen (secondary N) is 1. The normalized spacial score (nSPS) is 11.8. The van der Waals surface area contributed by atoms with Crippen LogP contribution in [0.1, 0.15) is 16.8 Å². The Hall–Kier alpha value is -1.70. The first kappa shape index (κ1) is 14.7. The summed E-state index contributed by atoms with van der Waals surface area (Å²) in [5.74, 6) is 0. The van der Waals surface area contributed by atoms with Crippen molar-refractivity contribution in [1.29, 1.82) is 0 Å². The number of nitrogens with zero attached hydrogens (tertiary/aromatic N) is 2. The molecule has 0 fully saturated rings. The average molecular weight is 294 g/mol. The van der Waals surface area contributed by atoms with Crippen LogP contribution >= 0.6 is 0 Å². The van der Waals surface area contributed by atoms with Gasteiger partial charge in [-0.2, -0.15) is 5.10 Å². The lowest BCUT2D eigenvalue weighted by Crippen LogP contribution is -2.23. The maximum absolute atomic E-state index is 12.2. The van der Waals surface area contributed by atoms with E-state index in [4.69, 9.17) is 5.73 Å². The first-order valence-corrected chi connectivity index (χ1v) is 7.68. The zero-order valence-electron chi connectivity index (χ0n) is 11.5. The van der Waals surface area contributed by atoms with Crippen molar-refractivity contribution in [3.63, 3.8) is 0 Å². The number of aryl methyl sites for hydroxylation is 2. The van der Waals surface area contributed by atoms with Crippen LogP contribution in [0.4, 0.5) is 0 Å². The molecule has 0 aliphatic carbocycles. The number of rotatable bonds is 5. The predicted molar refractivity (Wildman–Crippen MR) is 76.3 cm³/mol. The molecule has 1 aromatic heterocycles. The lowest BCUT2D eigenvalue weighted by Gasteiger charge is -2.09. The van der Waals surface area contributed by atoms with Crippen molar-refractivity contribution >= 4 is 10.0 Å². The van der Waals surface area contributed by atoms with Crippen molar-refractivity contribution < 1.29 is 8.42 Å². The fraction of sp³-hybridized carbons (Fsp3) is 0.308. The zero-order chi connectivity index (χ0) is 14.8. The first-order valence-electron chi connectivity index (χ1n) is 6.20. The van der Waals surface area contributed by atoms with E-state index in [1.807, 2.05) is 6.92 Å². The largest absolute Gasteiger partial charge is 0.326 e. The Morgan fingerprint density at radius 1 is 1.35 bits per heavy atom. The van der Waals surface area contributed by atoms with Gasteiger partial charge in [0, 0.05) is 19.8 Å². The summed E-state index contributed by atoms with van der Waals surface area (Å²) in [7, 11) is -1.77. The van der Waals surface area contributed by atoms with Gasteiger partial charge in [0.15, 0.2) is 0 Å². The molecule has 0 saturated heterocycles. The van der Waals surface area contributed by atoms with Crippen molar-refractivity contribution in [2.24, 2.45) is 12.8 Å². The lowest BCUT2D eigenvalue weighted by atomic mass is 10.1. The van der Waals surface area contributed by atoms with Crippen LogP contribution in [0, 0.1) is 6.92 Å². The Kier molecular flexibility index (Phi) is 4.22. The van der Waals surface area contributed by atoms with Gasteiger partial charge >= 0.3 is 0 Å². The molecule has 2 aromatic rings. The number of sulfonamides is 1. The maximum Gasteiger partial charge on any atom is 0.240 e. The van der Waals surface area contributed by atoms with Gasteiger partial charge in [0.1, 0.15) is 0 Å². The lowest BCUT2D eigenvalue weighted by molar-refractivity contribution is 0.579. The summed E-state index contributed by atoms with van der Waals surface area (Å²) >= 11 is 0. The molecule has 1 heterocycles. The fourth-order valence-electron chi connectivity index (χ4n) is 1.84. The van der Waals surface area contributed by atoms with Gasteiger partial charge in [0.25, 0.3) is 0 Å². The molecule has 1 aromatic carbocycles. The summed E-state index contributed by atoms with van der Waals surface area (Å²) < 4.78 is 28.6. The van der Waals surface area contributed by atoms with Crippen LogP contribution in [-0.4, -0.2) is 18.2 Å². The zero-order valence-corrected chi connectivity index (χ0v) is 12.3. The molecule has 20 heavy (non-hydrogen) atoms. The van der Waals surface area contributed by atoms with Crippen LogP contribution in [0.5, 0.6) is 0 Å². The minimum atomic E-state index is -3.55. The summed E-state index contributed by atoms with van der Waals surface area (Å²) in [4.78, 5) is 0.222. The number of hydrogen-bond acceptors (Lipinski definition) is 4. The van der Waals surface area contributed by atoms with E-state index in [1.54, 1.807) is 42.2 Å². The second-order valence-corrected chi connectivity index (χ2v) is 6.36. The number of nitrogens with two attached hydrogens (primary N) is 1. The van der Waals surface area contributed by atoms with Gasteiger partial charge in [-0.05, 0) is 36.2 Å². The molecule has 6 nitrogen and oxygen atoms in total. The quantitative estimate of drug-likeness (QED) is 0.848. The Morgan fingerprint density at radius 2 is 2.10 bits per heavy atom. The SMILES string of the molecule is Cc1ccc(S(=O)(=O)NCc2ccn(C)n2)cc1CN. The third kappa shape index (κ3) is 3.24. The van der Waals surface area contributed by atoms with E-state index in [9.17, 15) is 8.42 Å². The van der Waals surface area contributed by atoms with Crippen LogP contribution < -0.4 is 10.5 Å². The molecule has 7 heteroatoms. The first-order chi connectivity index (χ1) is 9.42. The highest BCUT2D eigenvalue weighted by Gasteiger charge is 2.15. The van der Waals surface area contributed by atoms with E-state index in [2.05, 4.69) is 9.82 Å². The molecule has 0 radical (unpaired) electrons. The minimum Gasteiger partial charge on any atom is -0.326 e. The highest BCUT2D eigenvalue weighted by Crippen LogP contribution is 2.15. The molecule has 0 bridgehead atoms. The maximum atomic E-state index is 12.2. The molecule has 0 unspecified atom stereocenters. The van der Waals surface area contributed by atoms with Gasteiger partial charge in [-0.15, -0.1) is 0 Å². The second kappa shape index (κ2) is 5.74. The summed E-state index contributed by atoms with van der Waals surface area (Å²) in [6.45, 7) is 2.38. The van der Waals surface area contributed by atoms with Crippen LogP contribution in [-0.2, 0) is 30.2 Å². The Bertz CT molecular complexity index is 707. The van der Waals surface area contributed by atoms with Crippen molar-refractivity contribution in [3.8, 4) is 0 Å². The predicted octanol–water partition coefficient (Wildman–Crippen LogP) is 0.666. The molecular weight excluding hydrogens is 276 g/mol. The Morgan fingerprint density at radius 3 is 2.70 bits per heavy atom. The average Bonchev–Trinajstić information content (AvgIpc) is 2.83. The van der Waals surface area contributed by atoms with Gasteiger partial charge < -0.3 is 5.73 Å². The van der Waals surface area contributed by atoms with Gasteiger partial charge in [-0.1, -0.05) is 6.07 Å². The molecular formula is C13H18N4O2S. The molecule has 0 spiro atoms. The van der Waals surface area contributed by atoms with Crippen molar-refractivity contribution in [2.45, 2.75) is 24.9 Å². The Labute approximate surface area is 118 Å². The van der Waals surface area contributed by atoms with Crippen LogP contribution in [0.15, 0.2) is 35.4 Å². The second-order valence-electron chi connectivity index (χ2n) is 4.60. The molecule has 0 aliphatic heterocycles. The van der Waals surface area contributed by atoms with Crippen LogP contribution in [0.2, 0.25) is 0 Å². The van der Waals surface area contributed by atoms with Gasteiger partial charge in [0.05, 0.1) is 17.1 Å². The van der Waals surface area contributed by atoms with Gasteiger partial charge in [-0.25, -0.2) is 13.1 Å². The number of benzene rings is 1. The molecule has 2 rings (SSSR count). The van der Waals surface area contributed by atoms with Crippen molar-refractivity contribution in [1.82, 2.24) is 14.5 Å². The van der Waals surface area contributed by atoms with Gasteiger partial charge in [0.2, 0.25) is 10.0 Å². The highest BCUT2D eigenvalue weighted by molar-refractivity contribution is 7.89. The summed E-state index contributed by atoms with van der Waals surface area (Å²) in [6.07, 6.45) is 1.77. The summed E-state index contributed by atoms with van der Waals surface area (Å²) in [5.41, 5.74) is 8.08. The van der Waals surface area contributed by atoms with E-state index in [-0.39, 0.29) is 11.4 Å². The third-order valence-electron chi connectivity index (χ3n) is 3.06. The standard InChI is InChI=1S/C13H18N4O2S/c1-10-3-4-13(7-11(10)8-14)20(18,19)15-9-12-5-6-17(2)16-12/h3-7,15H,8-9,14H2,1-2H3. The highest BCUT2D eigenvalue weighted by atomic mass is 32.2. The molecule has 0 amide bonds. The van der Waals surface area contributed by atoms with E-state index in [0.29, 0.717) is 12.2 Å². The minimum absolute atomic E-state index is 0.162. The summed E-state index contributed by atoms with van der Waals surface area (Å²) in [6, 6.07) is 6.71. The topological polar surface area (TPSA) is 90.0 Å². The van der Waals surface area contributed by atoms with Crippen LogP contribution in [0.25, 0.3) is 0 Å². The van der Waals surface area contributed by atoms with Crippen molar-refractivity contribution in [3.05, 3.63) is 47.3 Å². The molecule has 108 valence electrons. The molecule has 0 atom stereocenters. The van der Waals surface area contributed by atoms with E-state index < -0.39 is 10.0 Å². The van der Waals surface area contributed by atoms with E-state index >= 15 is 0 Å².